The minimum atomic E-state index is -3.27. The second-order valence-corrected chi connectivity index (χ2v) is 9.03. The molecule has 124 valence electrons. The van der Waals surface area contributed by atoms with Crippen LogP contribution in [0.4, 0.5) is 0 Å². The molecule has 0 aliphatic carbocycles. The number of hydrogen-bond donors (Lipinski definition) is 1. The molecule has 3 unspecified atom stereocenters. The van der Waals surface area contributed by atoms with E-state index in [2.05, 4.69) is 5.38 Å². The lowest BCUT2D eigenvalue weighted by molar-refractivity contribution is 0.108. The van der Waals surface area contributed by atoms with Crippen LogP contribution in [-0.2, 0) is 14.8 Å². The number of aliphatic hydroxyl groups excluding tert-OH is 1. The zero-order valence-corrected chi connectivity index (χ0v) is 14.2. The number of thiophene rings is 1. The highest BCUT2D eigenvalue weighted by Crippen LogP contribution is 2.35. The Labute approximate surface area is 136 Å². The van der Waals surface area contributed by atoms with Gasteiger partial charge in [-0.15, -0.1) is 0 Å². The van der Waals surface area contributed by atoms with E-state index in [1.807, 2.05) is 11.4 Å². The van der Waals surface area contributed by atoms with Gasteiger partial charge in [0, 0.05) is 38.1 Å². The van der Waals surface area contributed by atoms with Gasteiger partial charge in [-0.05, 0) is 41.7 Å². The normalized spacial score (nSPS) is 30.1. The van der Waals surface area contributed by atoms with Crippen LogP contribution in [0, 0.1) is 5.92 Å². The number of ether oxygens (including phenoxy) is 1. The first-order chi connectivity index (χ1) is 10.6. The molecule has 5 nitrogen and oxygen atoms in total. The van der Waals surface area contributed by atoms with E-state index < -0.39 is 10.0 Å². The third kappa shape index (κ3) is 3.54. The fourth-order valence-electron chi connectivity index (χ4n) is 3.39. The maximum absolute atomic E-state index is 12.6. The Kier molecular flexibility index (Phi) is 5.19. The highest BCUT2D eigenvalue weighted by molar-refractivity contribution is 7.89. The maximum atomic E-state index is 12.6. The van der Waals surface area contributed by atoms with Crippen LogP contribution in [0.25, 0.3) is 0 Å². The molecular formula is C15H23NO4S2. The Morgan fingerprint density at radius 1 is 1.41 bits per heavy atom. The molecule has 1 N–H and O–H groups in total. The van der Waals surface area contributed by atoms with E-state index in [0.717, 1.165) is 25.0 Å². The zero-order valence-electron chi connectivity index (χ0n) is 12.6. The summed E-state index contributed by atoms with van der Waals surface area (Å²) < 4.78 is 32.2. The van der Waals surface area contributed by atoms with Crippen LogP contribution in [0.5, 0.6) is 0 Å². The first kappa shape index (κ1) is 16.4. The van der Waals surface area contributed by atoms with Crippen LogP contribution in [0.1, 0.15) is 30.7 Å². The van der Waals surface area contributed by atoms with Crippen LogP contribution in [0.2, 0.25) is 0 Å². The molecule has 2 aliphatic heterocycles. The van der Waals surface area contributed by atoms with Crippen molar-refractivity contribution in [3.63, 3.8) is 0 Å². The highest BCUT2D eigenvalue weighted by Gasteiger charge is 2.39. The van der Waals surface area contributed by atoms with Gasteiger partial charge in [-0.3, -0.25) is 0 Å². The van der Waals surface area contributed by atoms with Gasteiger partial charge in [0.2, 0.25) is 10.0 Å². The van der Waals surface area contributed by atoms with Crippen molar-refractivity contribution in [2.24, 2.45) is 5.92 Å². The Hall–Kier alpha value is -0.470. The van der Waals surface area contributed by atoms with Crippen molar-refractivity contribution in [2.45, 2.75) is 31.3 Å². The maximum Gasteiger partial charge on any atom is 0.214 e. The Morgan fingerprint density at radius 2 is 2.27 bits per heavy atom. The smallest absolute Gasteiger partial charge is 0.214 e. The third-order valence-electron chi connectivity index (χ3n) is 4.73. The fourth-order valence-corrected chi connectivity index (χ4v) is 5.74. The molecule has 1 aromatic rings. The topological polar surface area (TPSA) is 66.8 Å². The lowest BCUT2D eigenvalue weighted by Gasteiger charge is -2.17. The molecule has 0 amide bonds. The first-order valence-corrected chi connectivity index (χ1v) is 10.4. The SMILES string of the molecule is O=S(=O)(CCC1CCCO1)N1CC(CO)C(c2ccsc2)C1. The van der Waals surface area contributed by atoms with Crippen LogP contribution < -0.4 is 0 Å². The average molecular weight is 345 g/mol. The van der Waals surface area contributed by atoms with Crippen molar-refractivity contribution >= 4 is 21.4 Å². The zero-order chi connectivity index (χ0) is 15.6. The number of rotatable bonds is 6. The quantitative estimate of drug-likeness (QED) is 0.851. The lowest BCUT2D eigenvalue weighted by Crippen LogP contribution is -2.32. The average Bonchev–Trinajstić information content (AvgIpc) is 3.23. The van der Waals surface area contributed by atoms with Crippen LogP contribution >= 0.6 is 11.3 Å². The van der Waals surface area contributed by atoms with E-state index in [0.29, 0.717) is 19.5 Å². The molecule has 22 heavy (non-hydrogen) atoms. The first-order valence-electron chi connectivity index (χ1n) is 7.82. The summed E-state index contributed by atoms with van der Waals surface area (Å²) in [6, 6.07) is 2.03. The summed E-state index contributed by atoms with van der Waals surface area (Å²) >= 11 is 1.61. The highest BCUT2D eigenvalue weighted by atomic mass is 32.2. The van der Waals surface area contributed by atoms with Crippen molar-refractivity contribution < 1.29 is 18.3 Å². The minimum Gasteiger partial charge on any atom is -0.396 e. The number of hydrogen-bond acceptors (Lipinski definition) is 5. The molecule has 0 aromatic carbocycles. The summed E-state index contributed by atoms with van der Waals surface area (Å²) in [7, 11) is -3.27. The molecule has 3 rings (SSSR count). The number of aliphatic hydroxyl groups is 1. The Balaban J connectivity index is 1.63. The molecule has 2 aliphatic rings. The molecule has 2 saturated heterocycles. The van der Waals surface area contributed by atoms with E-state index >= 15 is 0 Å². The van der Waals surface area contributed by atoms with E-state index in [1.54, 1.807) is 15.6 Å². The Morgan fingerprint density at radius 3 is 2.91 bits per heavy atom. The second kappa shape index (κ2) is 6.97. The molecule has 0 bridgehead atoms. The van der Waals surface area contributed by atoms with Gasteiger partial charge in [0.25, 0.3) is 0 Å². The van der Waals surface area contributed by atoms with Gasteiger partial charge in [0.05, 0.1) is 11.9 Å². The van der Waals surface area contributed by atoms with E-state index in [9.17, 15) is 13.5 Å². The van der Waals surface area contributed by atoms with Crippen molar-refractivity contribution in [3.05, 3.63) is 22.4 Å². The van der Waals surface area contributed by atoms with Gasteiger partial charge in [0.15, 0.2) is 0 Å². The van der Waals surface area contributed by atoms with Crippen LogP contribution in [0.3, 0.4) is 0 Å². The molecule has 1 aromatic heterocycles. The van der Waals surface area contributed by atoms with Gasteiger partial charge < -0.3 is 9.84 Å². The molecule has 3 heterocycles. The van der Waals surface area contributed by atoms with Crippen LogP contribution in [-0.4, -0.2) is 56.0 Å². The summed E-state index contributed by atoms with van der Waals surface area (Å²) in [5, 5.41) is 13.6. The molecule has 2 fully saturated rings. The molecule has 0 saturated carbocycles. The Bertz CT molecular complexity index is 566. The largest absolute Gasteiger partial charge is 0.396 e. The van der Waals surface area contributed by atoms with Crippen molar-refractivity contribution in [1.82, 2.24) is 4.31 Å². The summed E-state index contributed by atoms with van der Waals surface area (Å²) in [6.45, 7) is 1.68. The predicted molar refractivity (Wildman–Crippen MR) is 86.6 cm³/mol. The third-order valence-corrected chi connectivity index (χ3v) is 7.27. The molecule has 7 heteroatoms. The van der Waals surface area contributed by atoms with Gasteiger partial charge in [0.1, 0.15) is 0 Å². The minimum absolute atomic E-state index is 0.00731. The lowest BCUT2D eigenvalue weighted by atomic mass is 9.92. The standard InChI is InChI=1S/C15H23NO4S2/c17-10-13-8-16(9-15(13)12-3-6-21-11-12)22(18,19)7-4-14-2-1-5-20-14/h3,6,11,13-15,17H,1-2,4-5,7-10H2. The summed E-state index contributed by atoms with van der Waals surface area (Å²) in [6.07, 6.45) is 2.66. The van der Waals surface area contributed by atoms with Crippen molar-refractivity contribution in [3.8, 4) is 0 Å². The van der Waals surface area contributed by atoms with Gasteiger partial charge in [-0.1, -0.05) is 0 Å². The fraction of sp³-hybridized carbons (Fsp3) is 0.733. The summed E-state index contributed by atoms with van der Waals surface area (Å²) in [4.78, 5) is 0. The molecule has 0 radical (unpaired) electrons. The monoisotopic (exact) mass is 345 g/mol. The predicted octanol–water partition coefficient (Wildman–Crippen LogP) is 1.65. The van der Waals surface area contributed by atoms with Gasteiger partial charge >= 0.3 is 0 Å². The molecule has 0 spiro atoms. The van der Waals surface area contributed by atoms with E-state index in [1.165, 1.54) is 0 Å². The van der Waals surface area contributed by atoms with E-state index in [-0.39, 0.29) is 30.3 Å². The summed E-state index contributed by atoms with van der Waals surface area (Å²) in [5.41, 5.74) is 1.14. The summed E-state index contributed by atoms with van der Waals surface area (Å²) in [5.74, 6) is 0.243. The van der Waals surface area contributed by atoms with E-state index in [4.69, 9.17) is 4.74 Å². The molecule has 3 atom stereocenters. The van der Waals surface area contributed by atoms with Gasteiger partial charge in [-0.2, -0.15) is 11.3 Å². The number of sulfonamides is 1. The van der Waals surface area contributed by atoms with Crippen LogP contribution in [0.15, 0.2) is 16.8 Å². The molecular weight excluding hydrogens is 322 g/mol. The van der Waals surface area contributed by atoms with Crippen molar-refractivity contribution in [1.29, 1.82) is 0 Å². The number of nitrogens with zero attached hydrogens (tertiary/aromatic N) is 1. The van der Waals surface area contributed by atoms with Crippen molar-refractivity contribution in [2.75, 3.05) is 32.1 Å². The second-order valence-electron chi connectivity index (χ2n) is 6.16. The van der Waals surface area contributed by atoms with Gasteiger partial charge in [-0.25, -0.2) is 12.7 Å².